The number of ether oxygens (including phenoxy) is 2. The molecule has 0 heterocycles. The van der Waals surface area contributed by atoms with Crippen molar-refractivity contribution in [1.82, 2.24) is 0 Å². The molecule has 0 radical (unpaired) electrons. The molecule has 0 aromatic heterocycles. The number of nitrogens with one attached hydrogen (secondary N) is 1. The molecule has 3 atom stereocenters. The predicted molar refractivity (Wildman–Crippen MR) is 71.4 cm³/mol. The maximum Gasteiger partial charge on any atom is 0.134 e. The van der Waals surface area contributed by atoms with Crippen molar-refractivity contribution in [3.05, 3.63) is 23.2 Å². The van der Waals surface area contributed by atoms with Crippen LogP contribution in [0, 0.1) is 0 Å². The van der Waals surface area contributed by atoms with E-state index in [0.717, 1.165) is 12.1 Å². The van der Waals surface area contributed by atoms with Crippen LogP contribution in [-0.2, 0) is 9.47 Å². The van der Waals surface area contributed by atoms with Crippen molar-refractivity contribution in [2.45, 2.75) is 31.6 Å². The highest BCUT2D eigenvalue weighted by atomic mass is 35.5. The Morgan fingerprint density at radius 3 is 2.89 bits per heavy atom. The molecule has 0 saturated heterocycles. The second kappa shape index (κ2) is 5.78. The third kappa shape index (κ3) is 2.71. The van der Waals surface area contributed by atoms with Crippen molar-refractivity contribution in [3.63, 3.8) is 0 Å². The molecule has 1 aromatic rings. The lowest BCUT2D eigenvalue weighted by Gasteiger charge is -2.43. The van der Waals surface area contributed by atoms with E-state index in [1.54, 1.807) is 25.3 Å². The number of aromatic hydroxyl groups is 1. The molecule has 5 heteroatoms. The molecule has 4 nitrogen and oxygen atoms in total. The van der Waals surface area contributed by atoms with Crippen LogP contribution < -0.4 is 5.32 Å². The largest absolute Gasteiger partial charge is 0.506 e. The zero-order valence-electron chi connectivity index (χ0n) is 10.5. The van der Waals surface area contributed by atoms with Gasteiger partial charge in [-0.25, -0.2) is 0 Å². The van der Waals surface area contributed by atoms with Crippen LogP contribution in [-0.4, -0.2) is 37.1 Å². The van der Waals surface area contributed by atoms with Gasteiger partial charge >= 0.3 is 0 Å². The van der Waals surface area contributed by atoms with E-state index < -0.39 is 0 Å². The van der Waals surface area contributed by atoms with E-state index in [9.17, 15) is 5.11 Å². The summed E-state index contributed by atoms with van der Waals surface area (Å²) in [6, 6.07) is 5.29. The van der Waals surface area contributed by atoms with Gasteiger partial charge in [0.1, 0.15) is 11.9 Å². The standard InChI is InChI=1S/C13H18ClNO3/c1-3-18-12-7-10(13(12)17-2)15-8-4-5-11(16)9(14)6-8/h4-6,10,12-13,15-16H,3,7H2,1-2H3. The van der Waals surface area contributed by atoms with E-state index in [0.29, 0.717) is 11.6 Å². The topological polar surface area (TPSA) is 50.7 Å². The highest BCUT2D eigenvalue weighted by Gasteiger charge is 2.42. The van der Waals surface area contributed by atoms with Crippen LogP contribution in [0.3, 0.4) is 0 Å². The van der Waals surface area contributed by atoms with Gasteiger partial charge in [0.25, 0.3) is 0 Å². The monoisotopic (exact) mass is 271 g/mol. The fourth-order valence-corrected chi connectivity index (χ4v) is 2.41. The van der Waals surface area contributed by atoms with Crippen LogP contribution in [0.5, 0.6) is 5.75 Å². The number of benzene rings is 1. The van der Waals surface area contributed by atoms with Crippen LogP contribution in [0.4, 0.5) is 5.69 Å². The van der Waals surface area contributed by atoms with Crippen molar-refractivity contribution in [3.8, 4) is 5.75 Å². The first kappa shape index (κ1) is 13.5. The Kier molecular flexibility index (Phi) is 4.32. The lowest BCUT2D eigenvalue weighted by atomic mass is 9.85. The lowest BCUT2D eigenvalue weighted by Crippen LogP contribution is -2.56. The van der Waals surface area contributed by atoms with Gasteiger partial charge in [-0.1, -0.05) is 11.6 Å². The molecule has 2 rings (SSSR count). The number of rotatable bonds is 5. The second-order valence-corrected chi connectivity index (χ2v) is 4.75. The first-order valence-electron chi connectivity index (χ1n) is 6.05. The number of hydrogen-bond donors (Lipinski definition) is 2. The molecule has 0 amide bonds. The van der Waals surface area contributed by atoms with Gasteiger partial charge in [-0.15, -0.1) is 0 Å². The predicted octanol–water partition coefficient (Wildman–Crippen LogP) is 2.65. The average Bonchev–Trinajstić information content (AvgIpc) is 2.32. The lowest BCUT2D eigenvalue weighted by molar-refractivity contribution is -0.118. The molecule has 3 unspecified atom stereocenters. The van der Waals surface area contributed by atoms with Gasteiger partial charge in [0.2, 0.25) is 0 Å². The molecule has 0 bridgehead atoms. The first-order chi connectivity index (χ1) is 8.65. The van der Waals surface area contributed by atoms with Crippen LogP contribution in [0.2, 0.25) is 5.02 Å². The first-order valence-corrected chi connectivity index (χ1v) is 6.43. The Labute approximate surface area is 112 Å². The Bertz CT molecular complexity index is 413. The highest BCUT2D eigenvalue weighted by Crippen LogP contribution is 2.32. The molecule has 0 aliphatic heterocycles. The Morgan fingerprint density at radius 1 is 1.50 bits per heavy atom. The van der Waals surface area contributed by atoms with Gasteiger partial charge in [0.15, 0.2) is 0 Å². The van der Waals surface area contributed by atoms with Gasteiger partial charge in [-0.3, -0.25) is 0 Å². The van der Waals surface area contributed by atoms with E-state index in [1.165, 1.54) is 0 Å². The van der Waals surface area contributed by atoms with E-state index >= 15 is 0 Å². The second-order valence-electron chi connectivity index (χ2n) is 4.35. The number of anilines is 1. The van der Waals surface area contributed by atoms with Crippen molar-refractivity contribution in [2.24, 2.45) is 0 Å². The van der Waals surface area contributed by atoms with Crippen LogP contribution in [0.25, 0.3) is 0 Å². The fraction of sp³-hybridized carbons (Fsp3) is 0.538. The van der Waals surface area contributed by atoms with Crippen molar-refractivity contribution in [1.29, 1.82) is 0 Å². The van der Waals surface area contributed by atoms with E-state index in [4.69, 9.17) is 21.1 Å². The summed E-state index contributed by atoms with van der Waals surface area (Å²) < 4.78 is 11.0. The molecule has 1 aromatic carbocycles. The number of phenolic OH excluding ortho intramolecular Hbond substituents is 1. The van der Waals surface area contributed by atoms with E-state index in [1.807, 2.05) is 6.92 Å². The zero-order chi connectivity index (χ0) is 13.1. The van der Waals surface area contributed by atoms with Gasteiger partial charge < -0.3 is 19.9 Å². The number of halogens is 1. The van der Waals surface area contributed by atoms with Gasteiger partial charge in [-0.05, 0) is 31.5 Å². The molecule has 1 aliphatic carbocycles. The minimum atomic E-state index is 0.0533. The molecule has 100 valence electrons. The zero-order valence-corrected chi connectivity index (χ0v) is 11.3. The van der Waals surface area contributed by atoms with Crippen LogP contribution >= 0.6 is 11.6 Å². The number of phenols is 1. The van der Waals surface area contributed by atoms with Gasteiger partial charge in [0.05, 0.1) is 17.2 Å². The third-order valence-corrected chi connectivity index (χ3v) is 3.50. The molecule has 2 N–H and O–H groups in total. The Balaban J connectivity index is 1.96. The third-order valence-electron chi connectivity index (χ3n) is 3.20. The summed E-state index contributed by atoms with van der Waals surface area (Å²) in [5, 5.41) is 13.0. The summed E-state index contributed by atoms with van der Waals surface area (Å²) >= 11 is 5.86. The molecular formula is C13H18ClNO3. The maximum absolute atomic E-state index is 9.35. The summed E-state index contributed by atoms with van der Waals surface area (Å²) in [5.74, 6) is 0.0892. The quantitative estimate of drug-likeness (QED) is 0.809. The fourth-order valence-electron chi connectivity index (χ4n) is 2.23. The molecule has 1 fully saturated rings. The molecule has 1 aliphatic rings. The van der Waals surface area contributed by atoms with Crippen molar-refractivity contribution < 1.29 is 14.6 Å². The smallest absolute Gasteiger partial charge is 0.134 e. The minimum Gasteiger partial charge on any atom is -0.506 e. The maximum atomic E-state index is 9.35. The SMILES string of the molecule is CCOC1CC(Nc2ccc(O)c(Cl)c2)C1OC. The summed E-state index contributed by atoms with van der Waals surface area (Å²) in [6.07, 6.45) is 1.12. The molecule has 18 heavy (non-hydrogen) atoms. The van der Waals surface area contributed by atoms with Gasteiger partial charge in [-0.2, -0.15) is 0 Å². The highest BCUT2D eigenvalue weighted by molar-refractivity contribution is 6.32. The average molecular weight is 272 g/mol. The molecular weight excluding hydrogens is 254 g/mol. The van der Waals surface area contributed by atoms with Crippen LogP contribution in [0.1, 0.15) is 13.3 Å². The van der Waals surface area contributed by atoms with Crippen LogP contribution in [0.15, 0.2) is 18.2 Å². The van der Waals surface area contributed by atoms with E-state index in [2.05, 4.69) is 5.32 Å². The molecule has 1 saturated carbocycles. The summed E-state index contributed by atoms with van der Waals surface area (Å²) in [4.78, 5) is 0. The Morgan fingerprint density at radius 2 is 2.28 bits per heavy atom. The van der Waals surface area contributed by atoms with Crippen molar-refractivity contribution >= 4 is 17.3 Å². The van der Waals surface area contributed by atoms with Crippen molar-refractivity contribution in [2.75, 3.05) is 19.0 Å². The summed E-state index contributed by atoms with van der Waals surface area (Å²) in [5.41, 5.74) is 0.875. The minimum absolute atomic E-state index is 0.0533. The molecule has 0 spiro atoms. The summed E-state index contributed by atoms with van der Waals surface area (Å²) in [6.45, 7) is 2.68. The summed E-state index contributed by atoms with van der Waals surface area (Å²) in [7, 11) is 1.69. The number of methoxy groups -OCH3 is 1. The normalized spacial score (nSPS) is 26.7. The van der Waals surface area contributed by atoms with E-state index in [-0.39, 0.29) is 24.0 Å². The number of hydrogen-bond acceptors (Lipinski definition) is 4. The Hall–Kier alpha value is -0.970. The van der Waals surface area contributed by atoms with Gasteiger partial charge in [0, 0.05) is 19.4 Å².